The quantitative estimate of drug-likeness (QED) is 0.811. The summed E-state index contributed by atoms with van der Waals surface area (Å²) in [5, 5.41) is 7.91. The Morgan fingerprint density at radius 3 is 2.81 bits per heavy atom. The zero-order chi connectivity index (χ0) is 15.1. The summed E-state index contributed by atoms with van der Waals surface area (Å²) in [4.78, 5) is 4.41. The molecule has 1 N–H and O–H groups in total. The second kappa shape index (κ2) is 7.93. The van der Waals surface area contributed by atoms with E-state index in [1.807, 2.05) is 4.68 Å². The van der Waals surface area contributed by atoms with Gasteiger partial charge >= 0.3 is 0 Å². The molecule has 1 aromatic carbocycles. The summed E-state index contributed by atoms with van der Waals surface area (Å²) < 4.78 is 1.98. The Labute approximate surface area is 127 Å². The zero-order valence-electron chi connectivity index (χ0n) is 13.3. The number of hydrogen-bond donors (Lipinski definition) is 1. The molecular weight excluding hydrogens is 260 g/mol. The smallest absolute Gasteiger partial charge is 0.138 e. The van der Waals surface area contributed by atoms with E-state index in [2.05, 4.69) is 60.4 Å². The van der Waals surface area contributed by atoms with Crippen molar-refractivity contribution < 1.29 is 0 Å². The highest BCUT2D eigenvalue weighted by Gasteiger charge is 2.13. The average Bonchev–Trinajstić information content (AvgIpc) is 2.92. The molecule has 0 fully saturated rings. The van der Waals surface area contributed by atoms with Crippen molar-refractivity contribution in [2.75, 3.05) is 6.54 Å². The van der Waals surface area contributed by atoms with Gasteiger partial charge in [0.15, 0.2) is 0 Å². The van der Waals surface area contributed by atoms with Crippen LogP contribution >= 0.6 is 0 Å². The van der Waals surface area contributed by atoms with E-state index in [0.29, 0.717) is 6.04 Å². The summed E-state index contributed by atoms with van der Waals surface area (Å²) in [6, 6.07) is 9.16. The van der Waals surface area contributed by atoms with Crippen molar-refractivity contribution in [3.8, 4) is 0 Å². The average molecular weight is 286 g/mol. The first-order valence-corrected chi connectivity index (χ1v) is 7.88. The highest BCUT2D eigenvalue weighted by atomic mass is 15.3. The van der Waals surface area contributed by atoms with E-state index < -0.39 is 0 Å². The molecule has 2 rings (SSSR count). The van der Waals surface area contributed by atoms with Gasteiger partial charge in [-0.15, -0.1) is 0 Å². The minimum atomic E-state index is 0.404. The van der Waals surface area contributed by atoms with Gasteiger partial charge in [0.25, 0.3) is 0 Å². The molecule has 4 nitrogen and oxygen atoms in total. The van der Waals surface area contributed by atoms with E-state index >= 15 is 0 Å². The molecule has 1 atom stereocenters. The van der Waals surface area contributed by atoms with Crippen molar-refractivity contribution >= 4 is 0 Å². The van der Waals surface area contributed by atoms with Crippen molar-refractivity contribution in [3.05, 3.63) is 47.5 Å². The predicted octanol–water partition coefficient (Wildman–Crippen LogP) is 2.76. The second-order valence-corrected chi connectivity index (χ2v) is 5.54. The van der Waals surface area contributed by atoms with Crippen molar-refractivity contribution in [2.45, 2.75) is 52.6 Å². The van der Waals surface area contributed by atoms with Gasteiger partial charge in [0.05, 0.1) is 0 Å². The minimum Gasteiger partial charge on any atom is -0.313 e. The number of benzene rings is 1. The van der Waals surface area contributed by atoms with E-state index in [0.717, 1.165) is 38.2 Å². The molecule has 2 aromatic rings. The number of rotatable bonds is 8. The second-order valence-electron chi connectivity index (χ2n) is 5.54. The first-order valence-electron chi connectivity index (χ1n) is 7.88. The minimum absolute atomic E-state index is 0.404. The number of nitrogens with one attached hydrogen (secondary N) is 1. The Morgan fingerprint density at radius 1 is 1.24 bits per heavy atom. The lowest BCUT2D eigenvalue weighted by Crippen LogP contribution is -2.34. The van der Waals surface area contributed by atoms with Crippen LogP contribution in [-0.4, -0.2) is 27.4 Å². The Morgan fingerprint density at radius 2 is 2.10 bits per heavy atom. The maximum atomic E-state index is 4.41. The molecule has 1 heterocycles. The Hall–Kier alpha value is -1.68. The third-order valence-corrected chi connectivity index (χ3v) is 3.67. The Kier molecular flexibility index (Phi) is 5.93. The third-order valence-electron chi connectivity index (χ3n) is 3.67. The monoisotopic (exact) mass is 286 g/mol. The van der Waals surface area contributed by atoms with E-state index in [1.54, 1.807) is 6.33 Å². The van der Waals surface area contributed by atoms with Crippen LogP contribution in [0, 0.1) is 6.92 Å². The van der Waals surface area contributed by atoms with Gasteiger partial charge in [0.2, 0.25) is 0 Å². The maximum absolute atomic E-state index is 4.41. The van der Waals surface area contributed by atoms with Gasteiger partial charge in [-0.2, -0.15) is 5.10 Å². The van der Waals surface area contributed by atoms with Gasteiger partial charge in [0, 0.05) is 19.0 Å². The van der Waals surface area contributed by atoms with Crippen molar-refractivity contribution in [2.24, 2.45) is 0 Å². The number of aryl methyl sites for hydroxylation is 2. The summed E-state index contributed by atoms with van der Waals surface area (Å²) >= 11 is 0. The number of aromatic nitrogens is 3. The zero-order valence-corrected chi connectivity index (χ0v) is 13.3. The first-order chi connectivity index (χ1) is 10.2. The van der Waals surface area contributed by atoms with Gasteiger partial charge < -0.3 is 5.32 Å². The molecule has 0 aliphatic heterocycles. The van der Waals surface area contributed by atoms with Gasteiger partial charge in [-0.25, -0.2) is 4.98 Å². The van der Waals surface area contributed by atoms with Crippen molar-refractivity contribution in [3.63, 3.8) is 0 Å². The fraction of sp³-hybridized carbons (Fsp3) is 0.529. The molecule has 0 saturated heterocycles. The van der Waals surface area contributed by atoms with Crippen LogP contribution in [0.4, 0.5) is 0 Å². The molecule has 0 aliphatic rings. The van der Waals surface area contributed by atoms with Gasteiger partial charge in [-0.05, 0) is 38.8 Å². The molecule has 1 unspecified atom stereocenters. The summed E-state index contributed by atoms with van der Waals surface area (Å²) in [5.74, 6) is 1.07. The molecule has 4 heteroatoms. The SMILES string of the molecule is CCCNC(Cc1cccc(C)c1)Cc1ncnn1CC. The van der Waals surface area contributed by atoms with Crippen LogP contribution in [0.2, 0.25) is 0 Å². The lowest BCUT2D eigenvalue weighted by molar-refractivity contribution is 0.478. The molecule has 0 radical (unpaired) electrons. The first kappa shape index (κ1) is 15.7. The van der Waals surface area contributed by atoms with Gasteiger partial charge in [0.1, 0.15) is 12.2 Å². The van der Waals surface area contributed by atoms with Gasteiger partial charge in [-0.3, -0.25) is 4.68 Å². The number of nitrogens with zero attached hydrogens (tertiary/aromatic N) is 3. The normalized spacial score (nSPS) is 12.5. The highest BCUT2D eigenvalue weighted by Crippen LogP contribution is 2.10. The lowest BCUT2D eigenvalue weighted by atomic mass is 10.0. The van der Waals surface area contributed by atoms with Crippen LogP contribution < -0.4 is 5.32 Å². The molecule has 0 bridgehead atoms. The predicted molar refractivity (Wildman–Crippen MR) is 86.4 cm³/mol. The van der Waals surface area contributed by atoms with Crippen LogP contribution in [-0.2, 0) is 19.4 Å². The van der Waals surface area contributed by atoms with E-state index in [-0.39, 0.29) is 0 Å². The molecule has 114 valence electrons. The molecule has 0 saturated carbocycles. The van der Waals surface area contributed by atoms with Crippen LogP contribution in [0.15, 0.2) is 30.6 Å². The third kappa shape index (κ3) is 4.67. The van der Waals surface area contributed by atoms with E-state index in [1.165, 1.54) is 11.1 Å². The topological polar surface area (TPSA) is 42.7 Å². The molecule has 21 heavy (non-hydrogen) atoms. The number of hydrogen-bond acceptors (Lipinski definition) is 3. The summed E-state index contributed by atoms with van der Waals surface area (Å²) in [5.41, 5.74) is 2.70. The summed E-state index contributed by atoms with van der Waals surface area (Å²) in [7, 11) is 0. The largest absolute Gasteiger partial charge is 0.313 e. The molecule has 0 amide bonds. The summed E-state index contributed by atoms with van der Waals surface area (Å²) in [6.07, 6.45) is 4.74. The van der Waals surface area contributed by atoms with E-state index in [4.69, 9.17) is 0 Å². The molecular formula is C17H26N4. The highest BCUT2D eigenvalue weighted by molar-refractivity contribution is 5.23. The Balaban J connectivity index is 2.07. The molecule has 0 spiro atoms. The van der Waals surface area contributed by atoms with Gasteiger partial charge in [-0.1, -0.05) is 36.8 Å². The summed E-state index contributed by atoms with van der Waals surface area (Å²) in [6.45, 7) is 8.36. The van der Waals surface area contributed by atoms with Crippen LogP contribution in [0.25, 0.3) is 0 Å². The Bertz CT molecular complexity index is 547. The van der Waals surface area contributed by atoms with Crippen LogP contribution in [0.1, 0.15) is 37.2 Å². The van der Waals surface area contributed by atoms with Crippen molar-refractivity contribution in [1.82, 2.24) is 20.1 Å². The van der Waals surface area contributed by atoms with Crippen LogP contribution in [0.3, 0.4) is 0 Å². The van der Waals surface area contributed by atoms with E-state index in [9.17, 15) is 0 Å². The standard InChI is InChI=1S/C17H26N4/c1-4-9-18-16(11-15-8-6-7-14(3)10-15)12-17-19-13-20-21(17)5-2/h6-8,10,13,16,18H,4-5,9,11-12H2,1-3H3. The fourth-order valence-electron chi connectivity index (χ4n) is 2.62. The lowest BCUT2D eigenvalue weighted by Gasteiger charge is -2.18. The van der Waals surface area contributed by atoms with Crippen molar-refractivity contribution in [1.29, 1.82) is 0 Å². The molecule has 0 aliphatic carbocycles. The maximum Gasteiger partial charge on any atom is 0.138 e. The molecule has 1 aromatic heterocycles. The van der Waals surface area contributed by atoms with Crippen LogP contribution in [0.5, 0.6) is 0 Å². The fourth-order valence-corrected chi connectivity index (χ4v) is 2.62.